The number of unbranched alkanes of at least 4 members (excludes halogenated alkanes) is 3. The van der Waals surface area contributed by atoms with Gasteiger partial charge < -0.3 is 19.7 Å². The fourth-order valence-corrected chi connectivity index (χ4v) is 4.23. The second-order valence-corrected chi connectivity index (χ2v) is 6.73. The Morgan fingerprint density at radius 1 is 1.00 bits per heavy atom. The van der Waals surface area contributed by atoms with Crippen LogP contribution in [0.15, 0.2) is 0 Å². The Morgan fingerprint density at radius 3 is 2.65 bits per heavy atom. The Labute approximate surface area is 121 Å². The molecule has 2 aliphatic heterocycles. The lowest BCUT2D eigenvalue weighted by Gasteiger charge is -2.47. The van der Waals surface area contributed by atoms with Crippen molar-refractivity contribution in [1.29, 1.82) is 0 Å². The predicted octanol–water partition coefficient (Wildman–Crippen LogP) is 2.36. The van der Waals surface area contributed by atoms with Crippen molar-refractivity contribution in [3.63, 3.8) is 0 Å². The van der Waals surface area contributed by atoms with E-state index in [0.29, 0.717) is 12.8 Å². The predicted molar refractivity (Wildman–Crippen MR) is 75.2 cm³/mol. The molecule has 4 heteroatoms. The zero-order valence-corrected chi connectivity index (χ0v) is 12.5. The highest BCUT2D eigenvalue weighted by atomic mass is 16.8. The largest absolute Gasteiger partial charge is 0.393 e. The SMILES string of the molecule is CCCCCC[C@@H]1O[C@@]23O[C@@H]1CC[C@@H]2[C@H](O)CC[C@@H]3O. The first-order valence-electron chi connectivity index (χ1n) is 8.39. The minimum absolute atomic E-state index is 0.0526. The molecule has 1 aliphatic carbocycles. The maximum absolute atomic E-state index is 10.4. The lowest BCUT2D eigenvalue weighted by Crippen LogP contribution is -2.59. The highest BCUT2D eigenvalue weighted by Crippen LogP contribution is 2.51. The molecule has 4 nitrogen and oxygen atoms in total. The Morgan fingerprint density at radius 2 is 1.85 bits per heavy atom. The monoisotopic (exact) mass is 284 g/mol. The molecule has 2 heterocycles. The van der Waals surface area contributed by atoms with Crippen LogP contribution >= 0.6 is 0 Å². The van der Waals surface area contributed by atoms with Crippen LogP contribution in [0.2, 0.25) is 0 Å². The van der Waals surface area contributed by atoms with Crippen LogP contribution in [0.3, 0.4) is 0 Å². The van der Waals surface area contributed by atoms with Gasteiger partial charge in [-0.3, -0.25) is 0 Å². The van der Waals surface area contributed by atoms with Gasteiger partial charge in [0, 0.05) is 5.92 Å². The van der Waals surface area contributed by atoms with Crippen LogP contribution in [-0.4, -0.2) is 40.4 Å². The molecular weight excluding hydrogens is 256 g/mol. The highest BCUT2D eigenvalue weighted by Gasteiger charge is 2.62. The zero-order valence-electron chi connectivity index (χ0n) is 12.5. The molecule has 0 radical (unpaired) electrons. The van der Waals surface area contributed by atoms with Gasteiger partial charge in [-0.2, -0.15) is 0 Å². The summed E-state index contributed by atoms with van der Waals surface area (Å²) in [6.45, 7) is 2.21. The van der Waals surface area contributed by atoms with Gasteiger partial charge in [0.1, 0.15) is 6.10 Å². The third kappa shape index (κ3) is 2.41. The Hall–Kier alpha value is -0.160. The molecule has 116 valence electrons. The summed E-state index contributed by atoms with van der Waals surface area (Å²) in [5.74, 6) is -0.959. The number of aliphatic hydroxyl groups excluding tert-OH is 2. The topological polar surface area (TPSA) is 58.9 Å². The summed E-state index contributed by atoms with van der Waals surface area (Å²) in [5.41, 5.74) is 0. The number of aliphatic hydroxyl groups is 2. The maximum Gasteiger partial charge on any atom is 0.200 e. The summed E-state index contributed by atoms with van der Waals surface area (Å²) < 4.78 is 12.3. The van der Waals surface area contributed by atoms with Gasteiger partial charge in [0.05, 0.1) is 18.3 Å². The van der Waals surface area contributed by atoms with E-state index >= 15 is 0 Å². The number of hydrogen-bond donors (Lipinski definition) is 2. The van der Waals surface area contributed by atoms with E-state index in [2.05, 4.69) is 6.92 Å². The summed E-state index contributed by atoms with van der Waals surface area (Å²) in [5, 5.41) is 20.6. The molecule has 0 aromatic heterocycles. The summed E-state index contributed by atoms with van der Waals surface area (Å²) in [6, 6.07) is 0. The molecule has 6 atom stereocenters. The lowest BCUT2D eigenvalue weighted by atomic mass is 9.75. The summed E-state index contributed by atoms with van der Waals surface area (Å²) >= 11 is 0. The second kappa shape index (κ2) is 5.91. The third-order valence-electron chi connectivity index (χ3n) is 5.37. The average molecular weight is 284 g/mol. The van der Waals surface area contributed by atoms with Gasteiger partial charge in [0.25, 0.3) is 0 Å². The van der Waals surface area contributed by atoms with Crippen LogP contribution in [0.5, 0.6) is 0 Å². The van der Waals surface area contributed by atoms with Gasteiger partial charge in [0.15, 0.2) is 0 Å². The second-order valence-electron chi connectivity index (χ2n) is 6.73. The highest BCUT2D eigenvalue weighted by molar-refractivity contribution is 5.04. The standard InChI is InChI=1S/C16H28O4/c1-2-3-4-5-6-13-14-9-7-11-12(17)8-10-15(18)16(11,19-13)20-14/h11-15,17-18H,2-10H2,1H3/t11-,12-,13+,14-,15+,16-/m1/s1. The van der Waals surface area contributed by atoms with E-state index in [-0.39, 0.29) is 18.1 Å². The van der Waals surface area contributed by atoms with Crippen LogP contribution in [0.25, 0.3) is 0 Å². The first-order valence-corrected chi connectivity index (χ1v) is 8.39. The van der Waals surface area contributed by atoms with E-state index in [4.69, 9.17) is 9.47 Å². The van der Waals surface area contributed by atoms with Crippen molar-refractivity contribution in [2.24, 2.45) is 5.92 Å². The zero-order chi connectivity index (χ0) is 14.2. The first kappa shape index (κ1) is 14.8. The summed E-state index contributed by atoms with van der Waals surface area (Å²) in [6.07, 6.45) is 8.28. The molecule has 0 unspecified atom stereocenters. The molecular formula is C16H28O4. The van der Waals surface area contributed by atoms with E-state index < -0.39 is 18.0 Å². The normalized spacial score (nSPS) is 47.2. The van der Waals surface area contributed by atoms with E-state index in [1.54, 1.807) is 0 Å². The Kier molecular flexibility index (Phi) is 4.37. The van der Waals surface area contributed by atoms with E-state index in [0.717, 1.165) is 25.7 Å². The smallest absolute Gasteiger partial charge is 0.200 e. The first-order chi connectivity index (χ1) is 9.67. The van der Waals surface area contributed by atoms with Gasteiger partial charge in [-0.1, -0.05) is 32.6 Å². The minimum atomic E-state index is -0.907. The molecule has 0 aromatic carbocycles. The van der Waals surface area contributed by atoms with Crippen molar-refractivity contribution in [3.05, 3.63) is 0 Å². The third-order valence-corrected chi connectivity index (χ3v) is 5.37. The fraction of sp³-hybridized carbons (Fsp3) is 1.00. The number of hydrogen-bond acceptors (Lipinski definition) is 4. The van der Waals surface area contributed by atoms with Gasteiger partial charge in [0.2, 0.25) is 5.79 Å². The van der Waals surface area contributed by atoms with Crippen LogP contribution in [0, 0.1) is 5.92 Å². The van der Waals surface area contributed by atoms with Crippen molar-refractivity contribution >= 4 is 0 Å². The van der Waals surface area contributed by atoms with Crippen molar-refractivity contribution < 1.29 is 19.7 Å². The lowest BCUT2D eigenvalue weighted by molar-refractivity contribution is -0.307. The van der Waals surface area contributed by atoms with Gasteiger partial charge in [-0.05, 0) is 32.1 Å². The van der Waals surface area contributed by atoms with Crippen molar-refractivity contribution in [2.45, 2.75) is 94.9 Å². The van der Waals surface area contributed by atoms with Gasteiger partial charge in [-0.15, -0.1) is 0 Å². The molecule has 3 fully saturated rings. The molecule has 1 saturated carbocycles. The van der Waals surface area contributed by atoms with E-state index in [1.165, 1.54) is 19.3 Å². The Balaban J connectivity index is 1.65. The van der Waals surface area contributed by atoms with Crippen molar-refractivity contribution in [2.75, 3.05) is 0 Å². The van der Waals surface area contributed by atoms with Crippen LogP contribution in [0.1, 0.15) is 64.7 Å². The van der Waals surface area contributed by atoms with Gasteiger partial charge in [-0.25, -0.2) is 0 Å². The van der Waals surface area contributed by atoms with Crippen LogP contribution in [-0.2, 0) is 9.47 Å². The van der Waals surface area contributed by atoms with Gasteiger partial charge >= 0.3 is 0 Å². The summed E-state index contributed by atoms with van der Waals surface area (Å²) in [4.78, 5) is 0. The van der Waals surface area contributed by atoms with Crippen molar-refractivity contribution in [1.82, 2.24) is 0 Å². The molecule has 0 amide bonds. The summed E-state index contributed by atoms with van der Waals surface area (Å²) in [7, 11) is 0. The maximum atomic E-state index is 10.4. The van der Waals surface area contributed by atoms with E-state index in [1.807, 2.05) is 0 Å². The van der Waals surface area contributed by atoms with Crippen LogP contribution in [0.4, 0.5) is 0 Å². The van der Waals surface area contributed by atoms with Crippen LogP contribution < -0.4 is 0 Å². The molecule has 3 aliphatic rings. The molecule has 1 spiro atoms. The quantitative estimate of drug-likeness (QED) is 0.761. The molecule has 3 rings (SSSR count). The number of ether oxygens (including phenoxy) is 2. The fourth-order valence-electron chi connectivity index (χ4n) is 4.23. The van der Waals surface area contributed by atoms with Crippen molar-refractivity contribution in [3.8, 4) is 0 Å². The molecule has 20 heavy (non-hydrogen) atoms. The number of rotatable bonds is 5. The Bertz CT molecular complexity index is 334. The number of fused-ring (bicyclic) bond motifs is 1. The van der Waals surface area contributed by atoms with E-state index in [9.17, 15) is 10.2 Å². The molecule has 2 bridgehead atoms. The molecule has 2 saturated heterocycles. The average Bonchev–Trinajstić information content (AvgIpc) is 2.73. The molecule has 2 N–H and O–H groups in total. The minimum Gasteiger partial charge on any atom is -0.393 e. The molecule has 0 aromatic rings.